The van der Waals surface area contributed by atoms with Crippen molar-refractivity contribution in [3.05, 3.63) is 0 Å². The molecule has 9 nitrogen and oxygen atoms in total. The number of likely N-dealkylation sites (tertiary alicyclic amines) is 1. The van der Waals surface area contributed by atoms with E-state index in [0.29, 0.717) is 39.2 Å². The molecular weight excluding hydrogens is 362 g/mol. The van der Waals surface area contributed by atoms with Gasteiger partial charge in [-0.3, -0.25) is 9.59 Å². The van der Waals surface area contributed by atoms with Gasteiger partial charge in [0.15, 0.2) is 0 Å². The highest BCUT2D eigenvalue weighted by Crippen LogP contribution is 2.20. The van der Waals surface area contributed by atoms with E-state index >= 15 is 0 Å². The quantitative estimate of drug-likeness (QED) is 0.609. The summed E-state index contributed by atoms with van der Waals surface area (Å²) in [5.74, 6) is 0.347. The van der Waals surface area contributed by atoms with Crippen LogP contribution in [0.3, 0.4) is 0 Å². The van der Waals surface area contributed by atoms with Crippen molar-refractivity contribution in [2.75, 3.05) is 65.3 Å². The predicted molar refractivity (Wildman–Crippen MR) is 97.3 cm³/mol. The third-order valence-electron chi connectivity index (χ3n) is 4.76. The van der Waals surface area contributed by atoms with E-state index in [1.807, 2.05) is 4.90 Å². The van der Waals surface area contributed by atoms with E-state index in [-0.39, 0.29) is 24.1 Å². The summed E-state index contributed by atoms with van der Waals surface area (Å²) < 4.78 is 30.6. The molecule has 1 unspecified atom stereocenters. The number of carboxylic acid groups (broad SMARTS) is 1. The topological polar surface area (TPSA) is 107 Å². The SMILES string of the molecule is CCS(=O)(=O)N1CCCN(C(=O)C2CCN(CCOC)C2)CC1.O=CO. The van der Waals surface area contributed by atoms with Crippen molar-refractivity contribution < 1.29 is 27.9 Å². The first kappa shape index (κ1) is 22.8. The van der Waals surface area contributed by atoms with Crippen LogP contribution < -0.4 is 0 Å². The van der Waals surface area contributed by atoms with Crippen LogP contribution in [0.1, 0.15) is 19.8 Å². The molecule has 0 saturated carbocycles. The maximum absolute atomic E-state index is 12.7. The molecule has 0 aliphatic carbocycles. The number of nitrogens with zero attached hydrogens (tertiary/aromatic N) is 3. The highest BCUT2D eigenvalue weighted by atomic mass is 32.2. The number of hydrogen-bond donors (Lipinski definition) is 1. The minimum absolute atomic E-state index is 0.0428. The molecule has 2 fully saturated rings. The molecule has 2 aliphatic rings. The summed E-state index contributed by atoms with van der Waals surface area (Å²) in [5, 5.41) is 6.89. The van der Waals surface area contributed by atoms with Crippen molar-refractivity contribution in [1.29, 1.82) is 0 Å². The molecule has 0 bridgehead atoms. The number of hydrogen-bond acceptors (Lipinski definition) is 6. The lowest BCUT2D eigenvalue weighted by molar-refractivity contribution is -0.135. The summed E-state index contributed by atoms with van der Waals surface area (Å²) >= 11 is 0. The van der Waals surface area contributed by atoms with Gasteiger partial charge in [-0.2, -0.15) is 0 Å². The molecule has 1 N–H and O–H groups in total. The van der Waals surface area contributed by atoms with Crippen molar-refractivity contribution in [3.63, 3.8) is 0 Å². The minimum atomic E-state index is -3.16. The molecule has 0 spiro atoms. The van der Waals surface area contributed by atoms with Gasteiger partial charge in [0.2, 0.25) is 15.9 Å². The van der Waals surface area contributed by atoms with Gasteiger partial charge in [0.05, 0.1) is 18.3 Å². The molecule has 1 atom stereocenters. The Hall–Kier alpha value is -1.23. The van der Waals surface area contributed by atoms with E-state index in [1.54, 1.807) is 14.0 Å². The fourth-order valence-electron chi connectivity index (χ4n) is 3.29. The normalized spacial score (nSPS) is 22.4. The van der Waals surface area contributed by atoms with Crippen molar-refractivity contribution >= 4 is 22.4 Å². The van der Waals surface area contributed by atoms with Gasteiger partial charge in [0.25, 0.3) is 6.47 Å². The molecule has 2 heterocycles. The van der Waals surface area contributed by atoms with E-state index in [0.717, 1.165) is 26.1 Å². The van der Waals surface area contributed by atoms with E-state index in [1.165, 1.54) is 4.31 Å². The van der Waals surface area contributed by atoms with Crippen LogP contribution in [0.4, 0.5) is 0 Å². The smallest absolute Gasteiger partial charge is 0.290 e. The van der Waals surface area contributed by atoms with Gasteiger partial charge in [-0.25, -0.2) is 12.7 Å². The lowest BCUT2D eigenvalue weighted by atomic mass is 10.1. The van der Waals surface area contributed by atoms with Crippen molar-refractivity contribution in [1.82, 2.24) is 14.1 Å². The average molecular weight is 394 g/mol. The van der Waals surface area contributed by atoms with Crippen LogP contribution in [0.2, 0.25) is 0 Å². The molecular formula is C16H31N3O6S. The van der Waals surface area contributed by atoms with Crippen LogP contribution in [-0.2, 0) is 24.3 Å². The van der Waals surface area contributed by atoms with Crippen molar-refractivity contribution in [3.8, 4) is 0 Å². The highest BCUT2D eigenvalue weighted by Gasteiger charge is 2.33. The summed E-state index contributed by atoms with van der Waals surface area (Å²) in [6.45, 7) is 6.79. The van der Waals surface area contributed by atoms with Gasteiger partial charge < -0.3 is 19.6 Å². The number of rotatable bonds is 6. The average Bonchev–Trinajstić information content (AvgIpc) is 2.95. The lowest BCUT2D eigenvalue weighted by Gasteiger charge is -2.24. The zero-order chi connectivity index (χ0) is 19.6. The number of methoxy groups -OCH3 is 1. The Morgan fingerprint density at radius 3 is 2.54 bits per heavy atom. The molecule has 10 heteroatoms. The fraction of sp³-hybridized carbons (Fsp3) is 0.875. The monoisotopic (exact) mass is 393 g/mol. The molecule has 0 radical (unpaired) electrons. The maximum Gasteiger partial charge on any atom is 0.290 e. The standard InChI is InChI=1S/C15H29N3O4S.CH2O2/c1-3-23(20,21)18-7-4-6-17(9-10-18)15(19)14-5-8-16(13-14)11-12-22-2;2-1-3/h14H,3-13H2,1-2H3;1H,(H,2,3). The van der Waals surface area contributed by atoms with Gasteiger partial charge in [-0.15, -0.1) is 0 Å². The third kappa shape index (κ3) is 6.82. The number of ether oxygens (including phenoxy) is 1. The summed E-state index contributed by atoms with van der Waals surface area (Å²) in [7, 11) is -1.47. The maximum atomic E-state index is 12.7. The summed E-state index contributed by atoms with van der Waals surface area (Å²) in [5.41, 5.74) is 0. The second-order valence-electron chi connectivity index (χ2n) is 6.36. The van der Waals surface area contributed by atoms with E-state index in [4.69, 9.17) is 14.6 Å². The van der Waals surface area contributed by atoms with Gasteiger partial charge in [0.1, 0.15) is 0 Å². The summed E-state index contributed by atoms with van der Waals surface area (Å²) in [6, 6.07) is 0. The summed E-state index contributed by atoms with van der Waals surface area (Å²) in [6.07, 6.45) is 1.60. The molecule has 2 saturated heterocycles. The Kier molecular flexibility index (Phi) is 10.1. The Labute approximate surface area is 155 Å². The molecule has 0 aromatic heterocycles. The highest BCUT2D eigenvalue weighted by molar-refractivity contribution is 7.89. The molecule has 2 aliphatic heterocycles. The van der Waals surface area contributed by atoms with Gasteiger partial charge in [-0.05, 0) is 26.3 Å². The molecule has 1 amide bonds. The largest absolute Gasteiger partial charge is 0.483 e. The van der Waals surface area contributed by atoms with E-state index in [2.05, 4.69) is 4.90 Å². The van der Waals surface area contributed by atoms with Gasteiger partial charge >= 0.3 is 0 Å². The Bertz CT molecular complexity index is 542. The molecule has 26 heavy (non-hydrogen) atoms. The first-order valence-electron chi connectivity index (χ1n) is 8.95. The first-order chi connectivity index (χ1) is 12.4. The van der Waals surface area contributed by atoms with Crippen LogP contribution in [0, 0.1) is 5.92 Å². The minimum Gasteiger partial charge on any atom is -0.483 e. The van der Waals surface area contributed by atoms with Crippen LogP contribution in [0.25, 0.3) is 0 Å². The molecule has 0 aromatic carbocycles. The van der Waals surface area contributed by atoms with Crippen LogP contribution >= 0.6 is 0 Å². The summed E-state index contributed by atoms with van der Waals surface area (Å²) in [4.78, 5) is 25.2. The van der Waals surface area contributed by atoms with Crippen LogP contribution in [0.15, 0.2) is 0 Å². The number of carbonyl (C=O) groups is 2. The van der Waals surface area contributed by atoms with E-state index < -0.39 is 10.0 Å². The van der Waals surface area contributed by atoms with E-state index in [9.17, 15) is 13.2 Å². The van der Waals surface area contributed by atoms with Crippen LogP contribution in [-0.4, -0.2) is 105 Å². The molecule has 0 aromatic rings. The van der Waals surface area contributed by atoms with Crippen molar-refractivity contribution in [2.24, 2.45) is 5.92 Å². The first-order valence-corrected chi connectivity index (χ1v) is 10.6. The molecule has 2 rings (SSSR count). The second-order valence-corrected chi connectivity index (χ2v) is 8.62. The lowest BCUT2D eigenvalue weighted by Crippen LogP contribution is -2.41. The number of carbonyl (C=O) groups excluding carboxylic acids is 1. The van der Waals surface area contributed by atoms with Gasteiger partial charge in [-0.1, -0.05) is 0 Å². The van der Waals surface area contributed by atoms with Crippen molar-refractivity contribution in [2.45, 2.75) is 19.8 Å². The van der Waals surface area contributed by atoms with Gasteiger partial charge in [0, 0.05) is 46.4 Å². The zero-order valence-corrected chi connectivity index (χ0v) is 16.5. The Balaban J connectivity index is 0.00000105. The Morgan fingerprint density at radius 2 is 1.92 bits per heavy atom. The molecule has 152 valence electrons. The third-order valence-corrected chi connectivity index (χ3v) is 6.64. The predicted octanol–water partition coefficient (Wildman–Crippen LogP) is -0.460. The Morgan fingerprint density at radius 1 is 1.23 bits per heavy atom. The number of amides is 1. The zero-order valence-electron chi connectivity index (χ0n) is 15.7. The second kappa shape index (κ2) is 11.5. The number of sulfonamides is 1. The fourth-order valence-corrected chi connectivity index (χ4v) is 4.42. The van der Waals surface area contributed by atoms with Crippen LogP contribution in [0.5, 0.6) is 0 Å².